The number of nitrogens with one attached hydrogen (secondary N) is 1. The Balaban J connectivity index is 1.63. The van der Waals surface area contributed by atoms with E-state index in [-0.39, 0.29) is 5.91 Å². The van der Waals surface area contributed by atoms with Crippen LogP contribution in [0.4, 0.5) is 5.69 Å². The van der Waals surface area contributed by atoms with Crippen molar-refractivity contribution < 1.29 is 9.53 Å². The van der Waals surface area contributed by atoms with Gasteiger partial charge < -0.3 is 10.1 Å². The van der Waals surface area contributed by atoms with Gasteiger partial charge in [0.2, 0.25) is 11.8 Å². The molecule has 120 valence electrons. The van der Waals surface area contributed by atoms with Crippen molar-refractivity contribution in [1.82, 2.24) is 14.8 Å². The highest BCUT2D eigenvalue weighted by Gasteiger charge is 2.01. The first-order valence-electron chi connectivity index (χ1n) is 7.34. The number of benzene rings is 1. The average Bonchev–Trinajstić information content (AvgIpc) is 3.10. The molecule has 0 saturated heterocycles. The predicted molar refractivity (Wildman–Crippen MR) is 92.0 cm³/mol. The molecule has 2 aromatic heterocycles. The van der Waals surface area contributed by atoms with Crippen molar-refractivity contribution in [1.29, 1.82) is 0 Å². The van der Waals surface area contributed by atoms with E-state index in [4.69, 9.17) is 4.74 Å². The second-order valence-corrected chi connectivity index (χ2v) is 4.97. The molecule has 0 radical (unpaired) electrons. The summed E-state index contributed by atoms with van der Waals surface area (Å²) in [5, 5.41) is 7.01. The maximum Gasteiger partial charge on any atom is 0.248 e. The molecule has 0 aliphatic carbocycles. The Morgan fingerprint density at radius 1 is 1.17 bits per heavy atom. The first-order chi connectivity index (χ1) is 11.7. The summed E-state index contributed by atoms with van der Waals surface area (Å²) in [6.07, 6.45) is 8.26. The molecule has 1 aromatic carbocycles. The molecule has 0 aliphatic heterocycles. The number of hydrogen-bond acceptors (Lipinski definition) is 4. The molecule has 0 atom stereocenters. The van der Waals surface area contributed by atoms with Crippen LogP contribution < -0.4 is 10.1 Å². The van der Waals surface area contributed by atoms with Gasteiger partial charge in [-0.15, -0.1) is 0 Å². The quantitative estimate of drug-likeness (QED) is 0.734. The lowest BCUT2D eigenvalue weighted by Gasteiger charge is -2.02. The minimum absolute atomic E-state index is 0.241. The van der Waals surface area contributed by atoms with Crippen molar-refractivity contribution in [2.75, 3.05) is 12.4 Å². The van der Waals surface area contributed by atoms with Gasteiger partial charge in [-0.1, -0.05) is 18.2 Å². The number of methoxy groups -OCH3 is 1. The second kappa shape index (κ2) is 7.23. The third-order valence-corrected chi connectivity index (χ3v) is 3.26. The van der Waals surface area contributed by atoms with Crippen molar-refractivity contribution in [2.45, 2.75) is 0 Å². The topological polar surface area (TPSA) is 69.0 Å². The van der Waals surface area contributed by atoms with Gasteiger partial charge in [0.15, 0.2) is 0 Å². The van der Waals surface area contributed by atoms with Crippen LogP contribution in [-0.2, 0) is 4.79 Å². The average molecular weight is 320 g/mol. The van der Waals surface area contributed by atoms with Crippen LogP contribution in [0.5, 0.6) is 5.88 Å². The number of hydrogen-bond donors (Lipinski definition) is 1. The molecule has 1 amide bonds. The van der Waals surface area contributed by atoms with Gasteiger partial charge in [0.05, 0.1) is 30.9 Å². The fraction of sp³-hybridized carbons (Fsp3) is 0.0556. The van der Waals surface area contributed by atoms with Crippen molar-refractivity contribution >= 4 is 17.7 Å². The number of para-hydroxylation sites is 1. The maximum atomic E-state index is 11.9. The second-order valence-electron chi connectivity index (χ2n) is 4.97. The van der Waals surface area contributed by atoms with Crippen molar-refractivity contribution in [2.24, 2.45) is 0 Å². The summed E-state index contributed by atoms with van der Waals surface area (Å²) in [7, 11) is 1.54. The molecule has 0 spiro atoms. The summed E-state index contributed by atoms with van der Waals surface area (Å²) in [6, 6.07) is 13.2. The van der Waals surface area contributed by atoms with Gasteiger partial charge in [0, 0.05) is 23.9 Å². The number of carbonyl (C=O) groups is 1. The Hall–Kier alpha value is -3.41. The van der Waals surface area contributed by atoms with Gasteiger partial charge in [-0.3, -0.25) is 4.79 Å². The molecule has 0 aliphatic rings. The normalized spacial score (nSPS) is 10.7. The van der Waals surface area contributed by atoms with Crippen LogP contribution in [0.2, 0.25) is 0 Å². The fourth-order valence-electron chi connectivity index (χ4n) is 2.08. The molecule has 2 heterocycles. The zero-order chi connectivity index (χ0) is 16.8. The minimum atomic E-state index is -0.241. The van der Waals surface area contributed by atoms with Crippen LogP contribution in [0, 0.1) is 0 Å². The molecule has 0 bridgehead atoms. The first-order valence-corrected chi connectivity index (χ1v) is 7.34. The predicted octanol–water partition coefficient (Wildman–Crippen LogP) is 2.93. The lowest BCUT2D eigenvalue weighted by Crippen LogP contribution is -2.07. The SMILES string of the molecule is COc1ccc(NC(=O)/C=C/c2cnn(-c3ccccc3)c2)cn1. The van der Waals surface area contributed by atoms with Gasteiger partial charge in [-0.05, 0) is 24.3 Å². The van der Waals surface area contributed by atoms with E-state index in [1.807, 2.05) is 36.5 Å². The standard InChI is InChI=1S/C18H16N4O2/c1-24-18-10-8-15(12-19-18)21-17(23)9-7-14-11-20-22(13-14)16-5-3-2-4-6-16/h2-13H,1H3,(H,21,23)/b9-7+. The summed E-state index contributed by atoms with van der Waals surface area (Å²) in [5.74, 6) is 0.256. The van der Waals surface area contributed by atoms with E-state index in [1.165, 1.54) is 12.3 Å². The molecular formula is C18H16N4O2. The summed E-state index contributed by atoms with van der Waals surface area (Å²) < 4.78 is 6.73. The summed E-state index contributed by atoms with van der Waals surface area (Å²) >= 11 is 0. The van der Waals surface area contributed by atoms with Crippen LogP contribution in [0.25, 0.3) is 11.8 Å². The highest BCUT2D eigenvalue weighted by molar-refractivity contribution is 6.01. The number of carbonyl (C=O) groups excluding carboxylic acids is 1. The number of ether oxygens (including phenoxy) is 1. The van der Waals surface area contributed by atoms with E-state index in [2.05, 4.69) is 15.4 Å². The first kappa shape index (κ1) is 15.5. The molecule has 3 rings (SSSR count). The Labute approximate surface area is 139 Å². The fourth-order valence-corrected chi connectivity index (χ4v) is 2.08. The lowest BCUT2D eigenvalue weighted by molar-refractivity contribution is -0.111. The monoisotopic (exact) mass is 320 g/mol. The number of aromatic nitrogens is 3. The summed E-state index contributed by atoms with van der Waals surface area (Å²) in [6.45, 7) is 0. The van der Waals surface area contributed by atoms with Crippen LogP contribution in [0.1, 0.15) is 5.56 Å². The Morgan fingerprint density at radius 2 is 2.00 bits per heavy atom. The molecule has 6 nitrogen and oxygen atoms in total. The molecule has 0 unspecified atom stereocenters. The molecule has 6 heteroatoms. The Morgan fingerprint density at radius 3 is 2.71 bits per heavy atom. The van der Waals surface area contributed by atoms with E-state index >= 15 is 0 Å². The number of pyridine rings is 1. The van der Waals surface area contributed by atoms with E-state index < -0.39 is 0 Å². The van der Waals surface area contributed by atoms with E-state index in [9.17, 15) is 4.79 Å². The van der Waals surface area contributed by atoms with Crippen LogP contribution in [0.3, 0.4) is 0 Å². The summed E-state index contributed by atoms with van der Waals surface area (Å²) in [5.41, 5.74) is 2.40. The molecule has 0 fully saturated rings. The maximum absolute atomic E-state index is 11.9. The number of amides is 1. The van der Waals surface area contributed by atoms with Gasteiger partial charge in [0.25, 0.3) is 0 Å². The largest absolute Gasteiger partial charge is 0.481 e. The molecule has 0 saturated carbocycles. The number of rotatable bonds is 5. The molecule has 1 N–H and O–H groups in total. The van der Waals surface area contributed by atoms with Gasteiger partial charge >= 0.3 is 0 Å². The lowest BCUT2D eigenvalue weighted by atomic mass is 10.3. The van der Waals surface area contributed by atoms with Crippen molar-refractivity contribution in [3.8, 4) is 11.6 Å². The zero-order valence-electron chi connectivity index (χ0n) is 13.1. The Bertz CT molecular complexity index is 839. The number of nitrogens with zero attached hydrogens (tertiary/aromatic N) is 3. The van der Waals surface area contributed by atoms with Gasteiger partial charge in [-0.25, -0.2) is 9.67 Å². The van der Waals surface area contributed by atoms with E-state index in [1.54, 1.807) is 36.2 Å². The third kappa shape index (κ3) is 3.86. The minimum Gasteiger partial charge on any atom is -0.481 e. The van der Waals surface area contributed by atoms with Crippen LogP contribution >= 0.6 is 0 Å². The molecular weight excluding hydrogens is 304 g/mol. The highest BCUT2D eigenvalue weighted by atomic mass is 16.5. The molecule has 24 heavy (non-hydrogen) atoms. The smallest absolute Gasteiger partial charge is 0.248 e. The molecule has 3 aromatic rings. The number of anilines is 1. The van der Waals surface area contributed by atoms with E-state index in [0.717, 1.165) is 11.3 Å². The van der Waals surface area contributed by atoms with Crippen LogP contribution in [-0.4, -0.2) is 27.8 Å². The zero-order valence-corrected chi connectivity index (χ0v) is 13.1. The highest BCUT2D eigenvalue weighted by Crippen LogP contribution is 2.12. The third-order valence-electron chi connectivity index (χ3n) is 3.26. The van der Waals surface area contributed by atoms with E-state index in [0.29, 0.717) is 11.6 Å². The van der Waals surface area contributed by atoms with Crippen molar-refractivity contribution in [3.63, 3.8) is 0 Å². The van der Waals surface area contributed by atoms with Crippen LogP contribution in [0.15, 0.2) is 67.1 Å². The van der Waals surface area contributed by atoms with Crippen molar-refractivity contribution in [3.05, 3.63) is 72.7 Å². The summed E-state index contributed by atoms with van der Waals surface area (Å²) in [4.78, 5) is 16.0. The van der Waals surface area contributed by atoms with Gasteiger partial charge in [-0.2, -0.15) is 5.10 Å². The Kier molecular flexibility index (Phi) is 4.67. The van der Waals surface area contributed by atoms with Gasteiger partial charge in [0.1, 0.15) is 0 Å².